The number of aromatic amines is 1. The van der Waals surface area contributed by atoms with Crippen LogP contribution in [0.15, 0.2) is 47.0 Å². The number of amides is 1. The van der Waals surface area contributed by atoms with Gasteiger partial charge in [-0.05, 0) is 24.3 Å². The molecule has 0 spiro atoms. The second-order valence-electron chi connectivity index (χ2n) is 5.52. The largest absolute Gasteiger partial charge is 0.478 e. The minimum absolute atomic E-state index is 0.0889. The molecule has 1 amide bonds. The summed E-state index contributed by atoms with van der Waals surface area (Å²) in [6.07, 6.45) is 1.68. The number of carboxylic acid groups (broad SMARTS) is 1. The number of nitrogens with zero attached hydrogens (tertiary/aromatic N) is 1. The number of thioether (sulfide) groups is 1. The highest BCUT2D eigenvalue weighted by Gasteiger charge is 2.28. The lowest BCUT2D eigenvalue weighted by Gasteiger charge is -2.10. The first kappa shape index (κ1) is 15.5. The molecule has 0 fully saturated rings. The van der Waals surface area contributed by atoms with Gasteiger partial charge in [0, 0.05) is 11.1 Å². The first-order valence-electron chi connectivity index (χ1n) is 7.50. The van der Waals surface area contributed by atoms with Gasteiger partial charge in [-0.15, -0.1) is 11.8 Å². The Morgan fingerprint density at radius 2 is 2.04 bits per heavy atom. The van der Waals surface area contributed by atoms with Crippen LogP contribution in [-0.2, 0) is 4.79 Å². The minimum atomic E-state index is -0.966. The summed E-state index contributed by atoms with van der Waals surface area (Å²) < 4.78 is 5.98. The number of carbonyl (C=O) groups excluding carboxylic acids is 1. The Bertz CT molecular complexity index is 945. The second-order valence-corrected chi connectivity index (χ2v) is 6.62. The van der Waals surface area contributed by atoms with Crippen molar-refractivity contribution in [3.63, 3.8) is 0 Å². The van der Waals surface area contributed by atoms with Gasteiger partial charge in [-0.25, -0.2) is 4.79 Å². The topological polar surface area (TPSA) is 108 Å². The molecule has 0 aliphatic carbocycles. The van der Waals surface area contributed by atoms with E-state index in [1.54, 1.807) is 18.3 Å². The predicted octanol–water partition coefficient (Wildman–Crippen LogP) is 3.14. The van der Waals surface area contributed by atoms with Crippen molar-refractivity contribution in [2.75, 3.05) is 11.1 Å². The highest BCUT2D eigenvalue weighted by atomic mass is 32.2. The molecule has 0 saturated heterocycles. The Balaban J connectivity index is 1.65. The number of aromatic carboxylic acids is 1. The number of anilines is 1. The lowest BCUT2D eigenvalue weighted by atomic mass is 10.1. The van der Waals surface area contributed by atoms with E-state index in [9.17, 15) is 9.59 Å². The number of nitrogens with one attached hydrogen (secondary N) is 2. The van der Waals surface area contributed by atoms with Crippen molar-refractivity contribution in [2.24, 2.45) is 0 Å². The Kier molecular flexibility index (Phi) is 3.81. The summed E-state index contributed by atoms with van der Waals surface area (Å²) in [5, 5.41) is 18.4. The molecule has 126 valence electrons. The molecule has 1 atom stereocenters. The summed E-state index contributed by atoms with van der Waals surface area (Å²) in [4.78, 5) is 22.7. The van der Waals surface area contributed by atoms with Crippen LogP contribution in [0.5, 0.6) is 0 Å². The number of carbonyl (C=O) groups is 2. The molecule has 1 aliphatic rings. The molecule has 1 aromatic carbocycles. The van der Waals surface area contributed by atoms with E-state index in [4.69, 9.17) is 9.52 Å². The van der Waals surface area contributed by atoms with Crippen molar-refractivity contribution >= 4 is 29.5 Å². The Hall–Kier alpha value is -3.00. The fraction of sp³-hybridized carbons (Fsp3) is 0.118. The fourth-order valence-corrected chi connectivity index (χ4v) is 3.72. The van der Waals surface area contributed by atoms with E-state index in [1.807, 2.05) is 12.1 Å². The molecule has 0 saturated carbocycles. The lowest BCUT2D eigenvalue weighted by molar-refractivity contribution is -0.113. The summed E-state index contributed by atoms with van der Waals surface area (Å²) >= 11 is 1.46. The van der Waals surface area contributed by atoms with Gasteiger partial charge in [-0.3, -0.25) is 9.89 Å². The zero-order chi connectivity index (χ0) is 17.4. The van der Waals surface area contributed by atoms with E-state index in [1.165, 1.54) is 23.9 Å². The first-order chi connectivity index (χ1) is 12.1. The number of fused-ring (bicyclic) bond motifs is 1. The highest BCUT2D eigenvalue weighted by molar-refractivity contribution is 8.00. The van der Waals surface area contributed by atoms with E-state index in [2.05, 4.69) is 15.5 Å². The quantitative estimate of drug-likeness (QED) is 0.666. The van der Waals surface area contributed by atoms with E-state index in [0.29, 0.717) is 23.1 Å². The number of furan rings is 1. The summed E-state index contributed by atoms with van der Waals surface area (Å²) in [6, 6.07) is 10.2. The molecule has 0 unspecified atom stereocenters. The summed E-state index contributed by atoms with van der Waals surface area (Å²) in [5.74, 6) is 1.20. The molecule has 25 heavy (non-hydrogen) atoms. The Morgan fingerprint density at radius 1 is 1.24 bits per heavy atom. The van der Waals surface area contributed by atoms with E-state index >= 15 is 0 Å². The number of hydrogen-bond acceptors (Lipinski definition) is 5. The molecule has 8 heteroatoms. The maximum Gasteiger partial charge on any atom is 0.335 e. The average molecular weight is 355 g/mol. The van der Waals surface area contributed by atoms with Crippen molar-refractivity contribution in [3.05, 3.63) is 59.5 Å². The molecule has 2 aromatic heterocycles. The van der Waals surface area contributed by atoms with Crippen LogP contribution < -0.4 is 5.32 Å². The van der Waals surface area contributed by atoms with Crippen LogP contribution in [0, 0.1) is 0 Å². The number of benzene rings is 1. The second kappa shape index (κ2) is 6.14. The van der Waals surface area contributed by atoms with Gasteiger partial charge in [-0.1, -0.05) is 12.1 Å². The molecule has 1 aliphatic heterocycles. The summed E-state index contributed by atoms with van der Waals surface area (Å²) in [5.41, 5.74) is 1.87. The standard InChI is InChI=1S/C17H13N3O4S/c21-14-8-25-15(11-7-18-20-16(11)19-14)13-6-5-12(24-13)9-1-3-10(4-2-9)17(22)23/h1-7,15H,8H2,(H,22,23)(H2,18,19,20,21)/t15-/m1/s1. The molecule has 4 rings (SSSR count). The van der Waals surface area contributed by atoms with Gasteiger partial charge in [0.05, 0.1) is 22.8 Å². The molecule has 3 heterocycles. The van der Waals surface area contributed by atoms with Gasteiger partial charge in [0.1, 0.15) is 17.3 Å². The van der Waals surface area contributed by atoms with Crippen LogP contribution in [-0.4, -0.2) is 32.9 Å². The van der Waals surface area contributed by atoms with Crippen LogP contribution in [0.2, 0.25) is 0 Å². The SMILES string of the molecule is O=C1CS[C@@H](c2ccc(-c3ccc(C(=O)O)cc3)o2)c2cn[nH]c2N1. The van der Waals surface area contributed by atoms with Gasteiger partial charge in [0.15, 0.2) is 0 Å². The van der Waals surface area contributed by atoms with Crippen LogP contribution in [0.3, 0.4) is 0 Å². The molecule has 0 radical (unpaired) electrons. The van der Waals surface area contributed by atoms with Crippen LogP contribution >= 0.6 is 11.8 Å². The zero-order valence-electron chi connectivity index (χ0n) is 12.9. The van der Waals surface area contributed by atoms with Crippen LogP contribution in [0.1, 0.15) is 26.9 Å². The number of carboxylic acids is 1. The summed E-state index contributed by atoms with van der Waals surface area (Å²) in [6.45, 7) is 0. The van der Waals surface area contributed by atoms with E-state index < -0.39 is 5.97 Å². The molecule has 3 aromatic rings. The number of H-pyrrole nitrogens is 1. The average Bonchev–Trinajstić information content (AvgIpc) is 3.23. The Morgan fingerprint density at radius 3 is 2.80 bits per heavy atom. The van der Waals surface area contributed by atoms with Crippen molar-refractivity contribution in [3.8, 4) is 11.3 Å². The van der Waals surface area contributed by atoms with E-state index in [0.717, 1.165) is 11.1 Å². The number of rotatable bonds is 3. The van der Waals surface area contributed by atoms with Gasteiger partial charge in [-0.2, -0.15) is 5.10 Å². The first-order valence-corrected chi connectivity index (χ1v) is 8.55. The lowest BCUT2D eigenvalue weighted by Crippen LogP contribution is -2.12. The fourth-order valence-electron chi connectivity index (χ4n) is 2.68. The van der Waals surface area contributed by atoms with E-state index in [-0.39, 0.29) is 16.7 Å². The van der Waals surface area contributed by atoms with Crippen molar-refractivity contribution < 1.29 is 19.1 Å². The third-order valence-electron chi connectivity index (χ3n) is 3.90. The van der Waals surface area contributed by atoms with Gasteiger partial charge in [0.2, 0.25) is 5.91 Å². The number of hydrogen-bond donors (Lipinski definition) is 3. The molecule has 0 bridgehead atoms. The van der Waals surface area contributed by atoms with Gasteiger partial charge in [0.25, 0.3) is 0 Å². The van der Waals surface area contributed by atoms with Gasteiger partial charge >= 0.3 is 5.97 Å². The smallest absolute Gasteiger partial charge is 0.335 e. The highest BCUT2D eigenvalue weighted by Crippen LogP contribution is 2.42. The molecular formula is C17H13N3O4S. The monoisotopic (exact) mass is 355 g/mol. The maximum atomic E-state index is 11.8. The van der Waals surface area contributed by atoms with Crippen molar-refractivity contribution in [1.29, 1.82) is 0 Å². The normalized spacial score (nSPS) is 16.8. The molecular weight excluding hydrogens is 342 g/mol. The number of aromatic nitrogens is 2. The van der Waals surface area contributed by atoms with Crippen LogP contribution in [0.4, 0.5) is 5.82 Å². The summed E-state index contributed by atoms with van der Waals surface area (Å²) in [7, 11) is 0. The third kappa shape index (κ3) is 2.91. The molecule has 7 nitrogen and oxygen atoms in total. The van der Waals surface area contributed by atoms with Crippen molar-refractivity contribution in [1.82, 2.24) is 10.2 Å². The van der Waals surface area contributed by atoms with Crippen LogP contribution in [0.25, 0.3) is 11.3 Å². The van der Waals surface area contributed by atoms with Crippen molar-refractivity contribution in [2.45, 2.75) is 5.25 Å². The molecule has 3 N–H and O–H groups in total. The third-order valence-corrected chi connectivity index (χ3v) is 5.15. The maximum absolute atomic E-state index is 11.8. The Labute approximate surface area is 146 Å². The van der Waals surface area contributed by atoms with Gasteiger partial charge < -0.3 is 14.8 Å². The predicted molar refractivity (Wildman–Crippen MR) is 92.6 cm³/mol. The zero-order valence-corrected chi connectivity index (χ0v) is 13.7. The minimum Gasteiger partial charge on any atom is -0.478 e.